The molecule has 1 atom stereocenters. The normalized spacial score (nSPS) is 12.3. The maximum atomic E-state index is 10.6. The number of methoxy groups -OCH3 is 1. The fourth-order valence-electron chi connectivity index (χ4n) is 2.42. The summed E-state index contributed by atoms with van der Waals surface area (Å²) in [6.45, 7) is 0. The standard InChI is InChI=1S/C18H15ClO2/c1-21-17-11-15(8-9-16(17)19)18(20)14-7-6-12-4-2-3-5-13(12)10-14/h2-11,18,20H,1H3. The minimum absolute atomic E-state index is 0.534. The molecule has 0 aromatic heterocycles. The van der Waals surface area contributed by atoms with Crippen molar-refractivity contribution >= 4 is 22.4 Å². The molecule has 0 fully saturated rings. The third kappa shape index (κ3) is 2.73. The fraction of sp³-hybridized carbons (Fsp3) is 0.111. The van der Waals surface area contributed by atoms with E-state index in [0.717, 1.165) is 21.9 Å². The van der Waals surface area contributed by atoms with E-state index in [2.05, 4.69) is 6.07 Å². The first-order valence-electron chi connectivity index (χ1n) is 6.69. The van der Waals surface area contributed by atoms with Gasteiger partial charge in [-0.25, -0.2) is 0 Å². The molecular weight excluding hydrogens is 284 g/mol. The first kappa shape index (κ1) is 13.9. The highest BCUT2D eigenvalue weighted by atomic mass is 35.5. The molecule has 0 spiro atoms. The van der Waals surface area contributed by atoms with Gasteiger partial charge < -0.3 is 9.84 Å². The van der Waals surface area contributed by atoms with Gasteiger partial charge in [-0.05, 0) is 40.1 Å². The van der Waals surface area contributed by atoms with Gasteiger partial charge >= 0.3 is 0 Å². The Morgan fingerprint density at radius 1 is 0.905 bits per heavy atom. The number of rotatable bonds is 3. The Bertz CT molecular complexity index is 783. The van der Waals surface area contributed by atoms with Gasteiger partial charge in [-0.1, -0.05) is 54.1 Å². The molecule has 2 nitrogen and oxygen atoms in total. The zero-order chi connectivity index (χ0) is 14.8. The van der Waals surface area contributed by atoms with Gasteiger partial charge in [0.05, 0.1) is 12.1 Å². The van der Waals surface area contributed by atoms with Gasteiger partial charge in [0.1, 0.15) is 11.9 Å². The molecule has 106 valence electrons. The molecule has 1 N–H and O–H groups in total. The van der Waals surface area contributed by atoms with Crippen LogP contribution in [-0.2, 0) is 0 Å². The molecule has 3 rings (SSSR count). The average molecular weight is 299 g/mol. The van der Waals surface area contributed by atoms with Gasteiger partial charge in [0, 0.05) is 0 Å². The third-order valence-electron chi connectivity index (χ3n) is 3.58. The zero-order valence-corrected chi connectivity index (χ0v) is 12.3. The average Bonchev–Trinajstić information content (AvgIpc) is 2.54. The lowest BCUT2D eigenvalue weighted by molar-refractivity contribution is 0.220. The van der Waals surface area contributed by atoms with Crippen LogP contribution in [0.4, 0.5) is 0 Å². The molecule has 3 aromatic carbocycles. The SMILES string of the molecule is COc1cc(C(O)c2ccc3ccccc3c2)ccc1Cl. The molecule has 0 saturated heterocycles. The summed E-state index contributed by atoms with van der Waals surface area (Å²) in [6, 6.07) is 19.3. The lowest BCUT2D eigenvalue weighted by Crippen LogP contribution is -2.00. The summed E-state index contributed by atoms with van der Waals surface area (Å²) >= 11 is 6.02. The number of hydrogen-bond acceptors (Lipinski definition) is 2. The summed E-state index contributed by atoms with van der Waals surface area (Å²) in [5.74, 6) is 0.564. The number of hydrogen-bond donors (Lipinski definition) is 1. The third-order valence-corrected chi connectivity index (χ3v) is 3.89. The largest absolute Gasteiger partial charge is 0.495 e. The van der Waals surface area contributed by atoms with E-state index in [0.29, 0.717) is 10.8 Å². The van der Waals surface area contributed by atoms with E-state index in [1.807, 2.05) is 42.5 Å². The second kappa shape index (κ2) is 5.76. The van der Waals surface area contributed by atoms with Crippen molar-refractivity contribution in [3.63, 3.8) is 0 Å². The van der Waals surface area contributed by atoms with Crippen molar-refractivity contribution in [2.75, 3.05) is 7.11 Å². The number of ether oxygens (including phenoxy) is 1. The Labute approximate surface area is 128 Å². The molecule has 0 aliphatic heterocycles. The molecule has 3 heteroatoms. The summed E-state index contributed by atoms with van der Waals surface area (Å²) in [4.78, 5) is 0. The van der Waals surface area contributed by atoms with Crippen LogP contribution in [0.15, 0.2) is 60.7 Å². The molecule has 3 aromatic rings. The zero-order valence-electron chi connectivity index (χ0n) is 11.6. The Morgan fingerprint density at radius 3 is 2.33 bits per heavy atom. The summed E-state index contributed by atoms with van der Waals surface area (Å²) in [5.41, 5.74) is 1.60. The Morgan fingerprint density at radius 2 is 1.57 bits per heavy atom. The molecule has 0 heterocycles. The van der Waals surface area contributed by atoms with Crippen molar-refractivity contribution in [1.82, 2.24) is 0 Å². The minimum Gasteiger partial charge on any atom is -0.495 e. The summed E-state index contributed by atoms with van der Waals surface area (Å²) in [5, 5.41) is 13.4. The van der Waals surface area contributed by atoms with Gasteiger partial charge in [0.15, 0.2) is 0 Å². The lowest BCUT2D eigenvalue weighted by atomic mass is 9.98. The smallest absolute Gasteiger partial charge is 0.137 e. The predicted octanol–water partition coefficient (Wildman–Crippen LogP) is 4.58. The molecule has 0 bridgehead atoms. The van der Waals surface area contributed by atoms with E-state index in [4.69, 9.17) is 16.3 Å². The van der Waals surface area contributed by atoms with Crippen molar-refractivity contribution in [2.45, 2.75) is 6.10 Å². The van der Waals surface area contributed by atoms with Crippen molar-refractivity contribution < 1.29 is 9.84 Å². The van der Waals surface area contributed by atoms with E-state index >= 15 is 0 Å². The maximum absolute atomic E-state index is 10.6. The first-order chi connectivity index (χ1) is 10.2. The summed E-state index contributed by atoms with van der Waals surface area (Å²) < 4.78 is 5.20. The van der Waals surface area contributed by atoms with Crippen molar-refractivity contribution in [2.24, 2.45) is 0 Å². The van der Waals surface area contributed by atoms with Crippen LogP contribution in [0.3, 0.4) is 0 Å². The number of aliphatic hydroxyl groups is 1. The van der Waals surface area contributed by atoms with Gasteiger partial charge in [-0.15, -0.1) is 0 Å². The Balaban J connectivity index is 2.01. The van der Waals surface area contributed by atoms with Crippen LogP contribution < -0.4 is 4.74 Å². The molecule has 0 amide bonds. The molecule has 0 aliphatic rings. The number of aliphatic hydroxyl groups excluding tert-OH is 1. The van der Waals surface area contributed by atoms with Gasteiger partial charge in [-0.3, -0.25) is 0 Å². The van der Waals surface area contributed by atoms with E-state index in [9.17, 15) is 5.11 Å². The highest BCUT2D eigenvalue weighted by Crippen LogP contribution is 2.31. The predicted molar refractivity (Wildman–Crippen MR) is 86.0 cm³/mol. The van der Waals surface area contributed by atoms with Gasteiger partial charge in [0.2, 0.25) is 0 Å². The van der Waals surface area contributed by atoms with E-state index in [1.54, 1.807) is 19.2 Å². The molecule has 21 heavy (non-hydrogen) atoms. The quantitative estimate of drug-likeness (QED) is 0.766. The van der Waals surface area contributed by atoms with E-state index < -0.39 is 6.10 Å². The van der Waals surface area contributed by atoms with Crippen LogP contribution in [0.2, 0.25) is 5.02 Å². The second-order valence-corrected chi connectivity index (χ2v) is 5.31. The van der Waals surface area contributed by atoms with Gasteiger partial charge in [0.25, 0.3) is 0 Å². The molecule has 0 saturated carbocycles. The number of fused-ring (bicyclic) bond motifs is 1. The van der Waals surface area contributed by atoms with E-state index in [-0.39, 0.29) is 0 Å². The Hall–Kier alpha value is -2.03. The van der Waals surface area contributed by atoms with Crippen molar-refractivity contribution in [1.29, 1.82) is 0 Å². The van der Waals surface area contributed by atoms with Crippen LogP contribution in [0.1, 0.15) is 17.2 Å². The van der Waals surface area contributed by atoms with Crippen LogP contribution in [0, 0.1) is 0 Å². The van der Waals surface area contributed by atoms with Crippen LogP contribution in [0.25, 0.3) is 10.8 Å². The first-order valence-corrected chi connectivity index (χ1v) is 7.07. The summed E-state index contributed by atoms with van der Waals surface area (Å²) in [7, 11) is 1.56. The molecule has 1 unspecified atom stereocenters. The molecule has 0 aliphatic carbocycles. The highest BCUT2D eigenvalue weighted by Gasteiger charge is 2.13. The second-order valence-electron chi connectivity index (χ2n) is 4.90. The van der Waals surface area contributed by atoms with Crippen molar-refractivity contribution in [3.05, 3.63) is 76.8 Å². The minimum atomic E-state index is -0.708. The topological polar surface area (TPSA) is 29.5 Å². The van der Waals surface area contributed by atoms with Crippen LogP contribution in [0.5, 0.6) is 5.75 Å². The number of halogens is 1. The van der Waals surface area contributed by atoms with Gasteiger partial charge in [-0.2, -0.15) is 0 Å². The Kier molecular flexibility index (Phi) is 3.82. The monoisotopic (exact) mass is 298 g/mol. The molecular formula is C18H15ClO2. The van der Waals surface area contributed by atoms with Crippen LogP contribution >= 0.6 is 11.6 Å². The van der Waals surface area contributed by atoms with Crippen LogP contribution in [-0.4, -0.2) is 12.2 Å². The maximum Gasteiger partial charge on any atom is 0.137 e. The van der Waals surface area contributed by atoms with E-state index in [1.165, 1.54) is 0 Å². The number of benzene rings is 3. The lowest BCUT2D eigenvalue weighted by Gasteiger charge is -2.14. The summed E-state index contributed by atoms with van der Waals surface area (Å²) in [6.07, 6.45) is -0.708. The fourth-order valence-corrected chi connectivity index (χ4v) is 2.61. The highest BCUT2D eigenvalue weighted by molar-refractivity contribution is 6.32. The van der Waals surface area contributed by atoms with Crippen molar-refractivity contribution in [3.8, 4) is 5.75 Å². The molecule has 0 radical (unpaired) electrons.